The van der Waals surface area contributed by atoms with E-state index < -0.39 is 0 Å². The molecule has 0 radical (unpaired) electrons. The van der Waals surface area contributed by atoms with Crippen molar-refractivity contribution in [2.45, 2.75) is 57.6 Å². The molecule has 1 atom stereocenters. The molecule has 3 heterocycles. The second-order valence-electron chi connectivity index (χ2n) is 7.79. The molecule has 1 amide bonds. The summed E-state index contributed by atoms with van der Waals surface area (Å²) in [4.78, 5) is 14.8. The summed E-state index contributed by atoms with van der Waals surface area (Å²) in [7, 11) is 0. The molecular formula is C21H28N4O2. The zero-order valence-corrected chi connectivity index (χ0v) is 15.8. The van der Waals surface area contributed by atoms with Crippen LogP contribution >= 0.6 is 0 Å². The number of aromatic nitrogens is 3. The van der Waals surface area contributed by atoms with Gasteiger partial charge in [-0.3, -0.25) is 4.79 Å². The van der Waals surface area contributed by atoms with Gasteiger partial charge in [-0.25, -0.2) is 0 Å². The molecule has 1 saturated heterocycles. The maximum Gasteiger partial charge on any atom is 0.291 e. The standard InChI is InChI=1S/C21H28N4O2/c26-18(15-16-7-3-1-4-8-16)17-10-13-24(14-11-17)21(27)20-23-22-19-9-5-2-6-12-25(19)20/h1,3-4,7-8,17-18,26H,2,5-6,9-15H2/t18-/m1/s1. The third kappa shape index (κ3) is 4.05. The Kier molecular flexibility index (Phi) is 5.53. The molecule has 0 aliphatic carbocycles. The topological polar surface area (TPSA) is 71.2 Å². The number of amides is 1. The van der Waals surface area contributed by atoms with Crippen molar-refractivity contribution < 1.29 is 9.90 Å². The number of benzene rings is 1. The number of hydrogen-bond acceptors (Lipinski definition) is 4. The molecule has 1 fully saturated rings. The Hall–Kier alpha value is -2.21. The smallest absolute Gasteiger partial charge is 0.291 e. The summed E-state index contributed by atoms with van der Waals surface area (Å²) < 4.78 is 2.02. The van der Waals surface area contributed by atoms with Gasteiger partial charge >= 0.3 is 0 Å². The Labute approximate surface area is 160 Å². The highest BCUT2D eigenvalue weighted by Gasteiger charge is 2.30. The first kappa shape index (κ1) is 18.2. The van der Waals surface area contributed by atoms with E-state index in [0.29, 0.717) is 25.3 Å². The van der Waals surface area contributed by atoms with Gasteiger partial charge in [-0.2, -0.15) is 0 Å². The second-order valence-corrected chi connectivity index (χ2v) is 7.79. The lowest BCUT2D eigenvalue weighted by atomic mass is 9.88. The molecule has 144 valence electrons. The van der Waals surface area contributed by atoms with Crippen LogP contribution < -0.4 is 0 Å². The zero-order chi connectivity index (χ0) is 18.6. The maximum atomic E-state index is 13.0. The van der Waals surface area contributed by atoms with Gasteiger partial charge < -0.3 is 14.6 Å². The first-order valence-corrected chi connectivity index (χ1v) is 10.2. The molecular weight excluding hydrogens is 340 g/mol. The molecule has 0 saturated carbocycles. The van der Waals surface area contributed by atoms with Crippen LogP contribution in [0.2, 0.25) is 0 Å². The largest absolute Gasteiger partial charge is 0.392 e. The number of carbonyl (C=O) groups excluding carboxylic acids is 1. The number of hydrogen-bond donors (Lipinski definition) is 1. The van der Waals surface area contributed by atoms with E-state index in [1.807, 2.05) is 27.7 Å². The second kappa shape index (κ2) is 8.21. The molecule has 4 rings (SSSR count). The Morgan fingerprint density at radius 1 is 1.07 bits per heavy atom. The minimum absolute atomic E-state index is 0.00773. The fourth-order valence-electron chi connectivity index (χ4n) is 4.29. The molecule has 1 aromatic heterocycles. The number of fused-ring (bicyclic) bond motifs is 1. The van der Waals surface area contributed by atoms with E-state index in [1.54, 1.807) is 0 Å². The highest BCUT2D eigenvalue weighted by Crippen LogP contribution is 2.24. The molecule has 27 heavy (non-hydrogen) atoms. The van der Waals surface area contributed by atoms with Crippen LogP contribution in [0, 0.1) is 5.92 Å². The van der Waals surface area contributed by atoms with Crippen molar-refractivity contribution in [1.29, 1.82) is 0 Å². The summed E-state index contributed by atoms with van der Waals surface area (Å²) >= 11 is 0. The third-order valence-corrected chi connectivity index (χ3v) is 5.96. The SMILES string of the molecule is O=C(c1nnc2n1CCCCC2)N1CCC([C@H](O)Cc2ccccc2)CC1. The quantitative estimate of drug-likeness (QED) is 0.900. The lowest BCUT2D eigenvalue weighted by Crippen LogP contribution is -2.42. The average Bonchev–Trinajstić information content (AvgIpc) is 2.96. The molecule has 6 heteroatoms. The highest BCUT2D eigenvalue weighted by atomic mass is 16.3. The molecule has 6 nitrogen and oxygen atoms in total. The number of aliphatic hydroxyl groups excluding tert-OH is 1. The number of aliphatic hydroxyl groups is 1. The van der Waals surface area contributed by atoms with E-state index >= 15 is 0 Å². The van der Waals surface area contributed by atoms with Crippen molar-refractivity contribution in [3.63, 3.8) is 0 Å². The maximum absolute atomic E-state index is 13.0. The van der Waals surface area contributed by atoms with E-state index in [2.05, 4.69) is 22.3 Å². The van der Waals surface area contributed by atoms with Crippen LogP contribution in [0.3, 0.4) is 0 Å². The number of likely N-dealkylation sites (tertiary alicyclic amines) is 1. The van der Waals surface area contributed by atoms with Gasteiger partial charge in [0.25, 0.3) is 5.91 Å². The Morgan fingerprint density at radius 3 is 2.63 bits per heavy atom. The van der Waals surface area contributed by atoms with Crippen LogP contribution in [0.15, 0.2) is 30.3 Å². The van der Waals surface area contributed by atoms with E-state index in [1.165, 1.54) is 6.42 Å². The van der Waals surface area contributed by atoms with Gasteiger partial charge in [0.05, 0.1) is 6.10 Å². The van der Waals surface area contributed by atoms with E-state index in [9.17, 15) is 9.90 Å². The molecule has 2 aliphatic heterocycles. The fraction of sp³-hybridized carbons (Fsp3) is 0.571. The first-order chi connectivity index (χ1) is 13.2. The van der Waals surface area contributed by atoms with Gasteiger partial charge in [0, 0.05) is 26.1 Å². The van der Waals surface area contributed by atoms with Crippen LogP contribution in [0.4, 0.5) is 0 Å². The van der Waals surface area contributed by atoms with Crippen molar-refractivity contribution in [2.24, 2.45) is 5.92 Å². The van der Waals surface area contributed by atoms with Crippen LogP contribution in [0.25, 0.3) is 0 Å². The molecule has 1 N–H and O–H groups in total. The minimum atomic E-state index is -0.353. The minimum Gasteiger partial charge on any atom is -0.392 e. The van der Waals surface area contributed by atoms with Crippen LogP contribution in [0.5, 0.6) is 0 Å². The van der Waals surface area contributed by atoms with Crippen molar-refractivity contribution in [3.05, 3.63) is 47.5 Å². The summed E-state index contributed by atoms with van der Waals surface area (Å²) in [5.74, 6) is 1.68. The predicted molar refractivity (Wildman–Crippen MR) is 102 cm³/mol. The fourth-order valence-corrected chi connectivity index (χ4v) is 4.29. The molecule has 1 aromatic carbocycles. The van der Waals surface area contributed by atoms with E-state index in [0.717, 1.165) is 50.0 Å². The lowest BCUT2D eigenvalue weighted by molar-refractivity contribution is 0.0456. The number of aryl methyl sites for hydroxylation is 1. The van der Waals surface area contributed by atoms with Crippen molar-refractivity contribution in [1.82, 2.24) is 19.7 Å². The lowest BCUT2D eigenvalue weighted by Gasteiger charge is -2.34. The molecule has 2 aliphatic rings. The first-order valence-electron chi connectivity index (χ1n) is 10.2. The number of nitrogens with zero attached hydrogens (tertiary/aromatic N) is 4. The number of carbonyl (C=O) groups is 1. The highest BCUT2D eigenvalue weighted by molar-refractivity contribution is 5.90. The zero-order valence-electron chi connectivity index (χ0n) is 15.8. The Morgan fingerprint density at radius 2 is 1.85 bits per heavy atom. The van der Waals surface area contributed by atoms with Gasteiger partial charge in [-0.05, 0) is 43.6 Å². The van der Waals surface area contributed by atoms with Crippen molar-refractivity contribution in [2.75, 3.05) is 13.1 Å². The van der Waals surface area contributed by atoms with E-state index in [4.69, 9.17) is 0 Å². The summed E-state index contributed by atoms with van der Waals surface area (Å²) in [5.41, 5.74) is 1.16. The van der Waals surface area contributed by atoms with Crippen LogP contribution in [-0.2, 0) is 19.4 Å². The monoisotopic (exact) mass is 368 g/mol. The average molecular weight is 368 g/mol. The third-order valence-electron chi connectivity index (χ3n) is 5.96. The Balaban J connectivity index is 1.35. The summed E-state index contributed by atoms with van der Waals surface area (Å²) in [6, 6.07) is 10.1. The summed E-state index contributed by atoms with van der Waals surface area (Å²) in [6.07, 6.45) is 6.29. The van der Waals surface area contributed by atoms with Gasteiger partial charge in [0.2, 0.25) is 5.82 Å². The number of rotatable bonds is 4. The summed E-state index contributed by atoms with van der Waals surface area (Å²) in [6.45, 7) is 2.20. The van der Waals surface area contributed by atoms with Gasteiger partial charge in [-0.15, -0.1) is 10.2 Å². The normalized spacial score (nSPS) is 19.4. The van der Waals surface area contributed by atoms with Gasteiger partial charge in [0.15, 0.2) is 0 Å². The van der Waals surface area contributed by atoms with Crippen molar-refractivity contribution >= 4 is 5.91 Å². The molecule has 0 spiro atoms. The van der Waals surface area contributed by atoms with E-state index in [-0.39, 0.29) is 17.9 Å². The molecule has 0 bridgehead atoms. The van der Waals surface area contributed by atoms with Crippen molar-refractivity contribution in [3.8, 4) is 0 Å². The van der Waals surface area contributed by atoms with Crippen LogP contribution in [-0.4, -0.2) is 49.9 Å². The molecule has 0 unspecified atom stereocenters. The van der Waals surface area contributed by atoms with Gasteiger partial charge in [0.1, 0.15) is 5.82 Å². The number of piperidine rings is 1. The Bertz CT molecular complexity index is 766. The summed E-state index contributed by atoms with van der Waals surface area (Å²) in [5, 5.41) is 19.0. The van der Waals surface area contributed by atoms with Crippen LogP contribution in [0.1, 0.15) is 54.1 Å². The van der Waals surface area contributed by atoms with Gasteiger partial charge in [-0.1, -0.05) is 36.8 Å². The molecule has 2 aromatic rings. The predicted octanol–water partition coefficient (Wildman–Crippen LogP) is 2.46.